The molecule has 1 atom stereocenters. The molecule has 0 saturated heterocycles. The molecule has 1 unspecified atom stereocenters. The Bertz CT molecular complexity index is 495. The summed E-state index contributed by atoms with van der Waals surface area (Å²) in [6.07, 6.45) is 9.68. The van der Waals surface area contributed by atoms with Crippen LogP contribution in [0.4, 0.5) is 0 Å². The predicted molar refractivity (Wildman–Crippen MR) is 86.9 cm³/mol. The van der Waals surface area contributed by atoms with Gasteiger partial charge < -0.3 is 10.3 Å². The molecule has 0 aliphatic heterocycles. The molecule has 1 aromatic carbocycles. The number of aromatic nitrogens is 2. The van der Waals surface area contributed by atoms with Crippen molar-refractivity contribution in [3.63, 3.8) is 0 Å². The van der Waals surface area contributed by atoms with Gasteiger partial charge in [-0.2, -0.15) is 11.8 Å². The molecule has 1 aromatic heterocycles. The van der Waals surface area contributed by atoms with Crippen LogP contribution in [0.2, 0.25) is 0 Å². The number of rotatable bonds is 8. The molecule has 2 N–H and O–H groups in total. The summed E-state index contributed by atoms with van der Waals surface area (Å²) in [4.78, 5) is 4.26. The van der Waals surface area contributed by atoms with E-state index >= 15 is 0 Å². The van der Waals surface area contributed by atoms with Crippen LogP contribution >= 0.6 is 11.8 Å². The Labute approximate surface area is 125 Å². The van der Waals surface area contributed by atoms with Crippen molar-refractivity contribution in [1.29, 1.82) is 0 Å². The fourth-order valence-electron chi connectivity index (χ4n) is 2.31. The van der Waals surface area contributed by atoms with Crippen molar-refractivity contribution < 1.29 is 0 Å². The third-order valence-corrected chi connectivity index (χ3v) is 4.17. The first kappa shape index (κ1) is 15.1. The van der Waals surface area contributed by atoms with Crippen molar-refractivity contribution in [2.45, 2.75) is 31.8 Å². The molecule has 0 fully saturated rings. The molecule has 0 saturated carbocycles. The third kappa shape index (κ3) is 4.12. The van der Waals surface area contributed by atoms with Gasteiger partial charge in [-0.1, -0.05) is 36.8 Å². The first-order chi connectivity index (χ1) is 9.83. The monoisotopic (exact) mass is 289 g/mol. The van der Waals surface area contributed by atoms with E-state index in [0.29, 0.717) is 0 Å². The minimum atomic E-state index is -0.0927. The third-order valence-electron chi connectivity index (χ3n) is 3.47. The van der Waals surface area contributed by atoms with Gasteiger partial charge in [-0.3, -0.25) is 0 Å². The van der Waals surface area contributed by atoms with E-state index in [0.717, 1.165) is 17.8 Å². The van der Waals surface area contributed by atoms with E-state index in [2.05, 4.69) is 27.9 Å². The number of hydrogen-bond acceptors (Lipinski definition) is 3. The number of unbranched alkanes of at least 4 members (excludes halogenated alkanes) is 2. The highest BCUT2D eigenvalue weighted by atomic mass is 32.2. The average Bonchev–Trinajstić information content (AvgIpc) is 2.95. The van der Waals surface area contributed by atoms with Crippen LogP contribution in [-0.4, -0.2) is 21.6 Å². The second-order valence-electron chi connectivity index (χ2n) is 4.95. The largest absolute Gasteiger partial charge is 0.333 e. The summed E-state index contributed by atoms with van der Waals surface area (Å²) in [5.41, 5.74) is 8.58. The van der Waals surface area contributed by atoms with Crippen LogP contribution in [0.25, 0.3) is 0 Å². The maximum absolute atomic E-state index is 6.35. The maximum Gasteiger partial charge on any atom is 0.0948 e. The lowest BCUT2D eigenvalue weighted by atomic mass is 10.1. The summed E-state index contributed by atoms with van der Waals surface area (Å²) in [7, 11) is 0. The molecule has 2 rings (SSSR count). The molecule has 4 heteroatoms. The van der Waals surface area contributed by atoms with Crippen molar-refractivity contribution in [2.75, 3.05) is 12.0 Å². The fraction of sp³-hybridized carbons (Fsp3) is 0.438. The summed E-state index contributed by atoms with van der Waals surface area (Å²) in [5, 5.41) is 0. The Balaban J connectivity index is 1.94. The molecule has 20 heavy (non-hydrogen) atoms. The lowest BCUT2D eigenvalue weighted by molar-refractivity contribution is 0.575. The predicted octanol–water partition coefficient (Wildman–Crippen LogP) is 3.46. The summed E-state index contributed by atoms with van der Waals surface area (Å²) >= 11 is 1.92. The van der Waals surface area contributed by atoms with Crippen molar-refractivity contribution >= 4 is 11.8 Å². The molecule has 0 bridgehead atoms. The SMILES string of the molecule is CSCCCCCn1cncc1C(N)c1ccccc1. The smallest absolute Gasteiger partial charge is 0.0948 e. The molecular weight excluding hydrogens is 266 g/mol. The van der Waals surface area contributed by atoms with Crippen molar-refractivity contribution in [3.8, 4) is 0 Å². The minimum Gasteiger partial charge on any atom is -0.333 e. The Kier molecular flexibility index (Phi) is 6.15. The summed E-state index contributed by atoms with van der Waals surface area (Å²) in [6, 6.07) is 10.1. The van der Waals surface area contributed by atoms with Gasteiger partial charge in [-0.25, -0.2) is 4.98 Å². The number of thioether (sulfide) groups is 1. The lowest BCUT2D eigenvalue weighted by Gasteiger charge is -2.15. The molecular formula is C16H23N3S. The molecule has 0 spiro atoms. The van der Waals surface area contributed by atoms with Gasteiger partial charge in [0.1, 0.15) is 0 Å². The molecule has 3 nitrogen and oxygen atoms in total. The molecule has 0 aliphatic carbocycles. The average molecular weight is 289 g/mol. The number of aryl methyl sites for hydroxylation is 1. The molecule has 2 aromatic rings. The van der Waals surface area contributed by atoms with Crippen LogP contribution in [0, 0.1) is 0 Å². The van der Waals surface area contributed by atoms with Gasteiger partial charge in [0.05, 0.1) is 24.3 Å². The lowest BCUT2D eigenvalue weighted by Crippen LogP contribution is -2.16. The quantitative estimate of drug-likeness (QED) is 0.757. The fourth-order valence-corrected chi connectivity index (χ4v) is 2.81. The molecule has 0 aliphatic rings. The van der Waals surface area contributed by atoms with Gasteiger partial charge >= 0.3 is 0 Å². The van der Waals surface area contributed by atoms with Gasteiger partial charge in [-0.05, 0) is 30.4 Å². The van der Waals surface area contributed by atoms with Crippen LogP contribution in [0.3, 0.4) is 0 Å². The zero-order chi connectivity index (χ0) is 14.2. The van der Waals surface area contributed by atoms with E-state index in [1.165, 1.54) is 25.0 Å². The normalized spacial score (nSPS) is 12.5. The van der Waals surface area contributed by atoms with Gasteiger partial charge in [0, 0.05) is 6.54 Å². The number of hydrogen-bond donors (Lipinski definition) is 1. The number of imidazole rings is 1. The topological polar surface area (TPSA) is 43.8 Å². The summed E-state index contributed by atoms with van der Waals surface area (Å²) < 4.78 is 2.19. The zero-order valence-electron chi connectivity index (χ0n) is 12.0. The van der Waals surface area contributed by atoms with E-state index in [-0.39, 0.29) is 6.04 Å². The van der Waals surface area contributed by atoms with Crippen LogP contribution in [-0.2, 0) is 6.54 Å². The molecule has 0 radical (unpaired) electrons. The molecule has 1 heterocycles. The first-order valence-corrected chi connectivity index (χ1v) is 8.52. The van der Waals surface area contributed by atoms with E-state index in [1.54, 1.807) is 0 Å². The number of nitrogens with zero attached hydrogens (tertiary/aromatic N) is 2. The van der Waals surface area contributed by atoms with Crippen molar-refractivity contribution in [3.05, 3.63) is 54.1 Å². The van der Waals surface area contributed by atoms with Crippen LogP contribution in [0.15, 0.2) is 42.9 Å². The van der Waals surface area contributed by atoms with E-state index < -0.39 is 0 Å². The Morgan fingerprint density at radius 3 is 2.75 bits per heavy atom. The van der Waals surface area contributed by atoms with Gasteiger partial charge in [0.15, 0.2) is 0 Å². The van der Waals surface area contributed by atoms with Crippen molar-refractivity contribution in [2.24, 2.45) is 5.73 Å². The zero-order valence-corrected chi connectivity index (χ0v) is 12.9. The van der Waals surface area contributed by atoms with Crippen LogP contribution < -0.4 is 5.73 Å². The van der Waals surface area contributed by atoms with Crippen LogP contribution in [0.5, 0.6) is 0 Å². The van der Waals surface area contributed by atoms with Gasteiger partial charge in [0.2, 0.25) is 0 Å². The second kappa shape index (κ2) is 8.12. The van der Waals surface area contributed by atoms with E-state index in [9.17, 15) is 0 Å². The van der Waals surface area contributed by atoms with Gasteiger partial charge in [-0.15, -0.1) is 0 Å². The van der Waals surface area contributed by atoms with E-state index in [4.69, 9.17) is 5.73 Å². The molecule has 0 amide bonds. The maximum atomic E-state index is 6.35. The van der Waals surface area contributed by atoms with Crippen molar-refractivity contribution in [1.82, 2.24) is 9.55 Å². The first-order valence-electron chi connectivity index (χ1n) is 7.12. The number of nitrogens with two attached hydrogens (primary N) is 1. The Morgan fingerprint density at radius 1 is 1.20 bits per heavy atom. The van der Waals surface area contributed by atoms with Crippen LogP contribution in [0.1, 0.15) is 36.6 Å². The standard InChI is InChI=1S/C16H23N3S/c1-20-11-7-3-6-10-19-13-18-12-15(19)16(17)14-8-4-2-5-9-14/h2,4-5,8-9,12-13,16H,3,6-7,10-11,17H2,1H3. The summed E-state index contributed by atoms with van der Waals surface area (Å²) in [6.45, 7) is 1.00. The number of benzene rings is 1. The Hall–Kier alpha value is -1.26. The molecule has 108 valence electrons. The Morgan fingerprint density at radius 2 is 2.00 bits per heavy atom. The minimum absolute atomic E-state index is 0.0927. The second-order valence-corrected chi connectivity index (χ2v) is 5.94. The van der Waals surface area contributed by atoms with E-state index in [1.807, 2.05) is 42.5 Å². The highest BCUT2D eigenvalue weighted by molar-refractivity contribution is 7.98. The van der Waals surface area contributed by atoms with Gasteiger partial charge in [0.25, 0.3) is 0 Å². The summed E-state index contributed by atoms with van der Waals surface area (Å²) in [5.74, 6) is 1.25. The highest BCUT2D eigenvalue weighted by Gasteiger charge is 2.13. The highest BCUT2D eigenvalue weighted by Crippen LogP contribution is 2.19.